The minimum atomic E-state index is 0.311. The van der Waals surface area contributed by atoms with Crippen molar-refractivity contribution in [3.05, 3.63) is 65.6 Å². The second kappa shape index (κ2) is 8.93. The smallest absolute Gasteiger partial charge is 0.226 e. The van der Waals surface area contributed by atoms with E-state index in [1.165, 1.54) is 16.3 Å². The molecule has 0 amide bonds. The summed E-state index contributed by atoms with van der Waals surface area (Å²) in [5, 5.41) is 3.91. The van der Waals surface area contributed by atoms with E-state index in [0.29, 0.717) is 11.3 Å². The van der Waals surface area contributed by atoms with E-state index in [0.717, 1.165) is 75.6 Å². The molecule has 2 fully saturated rings. The number of rotatable bonds is 4. The molecule has 0 radical (unpaired) electrons. The number of hydrogen-bond donors (Lipinski definition) is 0. The number of hydrogen-bond acceptors (Lipinski definition) is 5. The van der Waals surface area contributed by atoms with E-state index in [4.69, 9.17) is 16.3 Å². The summed E-state index contributed by atoms with van der Waals surface area (Å²) in [7, 11) is 0. The van der Waals surface area contributed by atoms with Crippen LogP contribution in [0.4, 0.5) is 5.82 Å². The van der Waals surface area contributed by atoms with E-state index in [1.807, 2.05) is 0 Å². The van der Waals surface area contributed by atoms with Crippen LogP contribution < -0.4 is 4.90 Å². The van der Waals surface area contributed by atoms with Crippen LogP contribution in [-0.2, 0) is 11.3 Å². The van der Waals surface area contributed by atoms with Crippen LogP contribution >= 0.6 is 11.6 Å². The van der Waals surface area contributed by atoms with Crippen molar-refractivity contribution in [2.45, 2.75) is 25.4 Å². The average Bonchev–Trinajstić information content (AvgIpc) is 3.27. The fourth-order valence-corrected chi connectivity index (χ4v) is 5.55. The first-order valence-electron chi connectivity index (χ1n) is 11.8. The van der Waals surface area contributed by atoms with Crippen LogP contribution in [0.3, 0.4) is 0 Å². The molecule has 0 aliphatic carbocycles. The third kappa shape index (κ3) is 4.07. The quantitative estimate of drug-likeness (QED) is 0.416. The van der Waals surface area contributed by atoms with Crippen molar-refractivity contribution < 1.29 is 4.74 Å². The maximum Gasteiger partial charge on any atom is 0.226 e. The van der Waals surface area contributed by atoms with E-state index in [-0.39, 0.29) is 0 Å². The fraction of sp³-hybridized carbons (Fsp3) is 0.385. The Morgan fingerprint density at radius 3 is 2.52 bits per heavy atom. The Hall–Kier alpha value is -2.67. The van der Waals surface area contributed by atoms with Crippen molar-refractivity contribution in [3.63, 3.8) is 0 Å². The molecular formula is C26H28ClN5O. The van der Waals surface area contributed by atoms with Crippen molar-refractivity contribution in [2.75, 3.05) is 44.3 Å². The van der Waals surface area contributed by atoms with Crippen molar-refractivity contribution >= 4 is 39.2 Å². The molecule has 2 aromatic heterocycles. The molecule has 0 atom stereocenters. The predicted octanol–water partition coefficient (Wildman–Crippen LogP) is 4.59. The van der Waals surface area contributed by atoms with E-state index < -0.39 is 0 Å². The molecule has 2 aliphatic heterocycles. The van der Waals surface area contributed by atoms with Crippen LogP contribution in [0, 0.1) is 0 Å². The van der Waals surface area contributed by atoms with Gasteiger partial charge in [-0.1, -0.05) is 42.5 Å². The highest BCUT2D eigenvalue weighted by Crippen LogP contribution is 2.30. The molecule has 0 spiro atoms. The van der Waals surface area contributed by atoms with E-state index in [9.17, 15) is 0 Å². The lowest BCUT2D eigenvalue weighted by molar-refractivity contribution is 0.0115. The highest BCUT2D eigenvalue weighted by Gasteiger charge is 2.27. The molecular weight excluding hydrogens is 434 g/mol. The van der Waals surface area contributed by atoms with Gasteiger partial charge in [0.25, 0.3) is 0 Å². The van der Waals surface area contributed by atoms with Gasteiger partial charge in [0.1, 0.15) is 11.5 Å². The second-order valence-electron chi connectivity index (χ2n) is 9.00. The lowest BCUT2D eigenvalue weighted by atomic mass is 10.0. The van der Waals surface area contributed by atoms with Gasteiger partial charge in [0, 0.05) is 45.0 Å². The zero-order chi connectivity index (χ0) is 22.2. The number of ether oxygens (including phenoxy) is 1. The van der Waals surface area contributed by atoms with Crippen LogP contribution in [0.25, 0.3) is 21.8 Å². The number of fused-ring (bicyclic) bond motifs is 2. The number of anilines is 1. The average molecular weight is 462 g/mol. The molecule has 170 valence electrons. The summed E-state index contributed by atoms with van der Waals surface area (Å²) in [6, 6.07) is 17.8. The maximum absolute atomic E-state index is 6.44. The Labute approximate surface area is 198 Å². The van der Waals surface area contributed by atoms with E-state index in [2.05, 4.69) is 79.1 Å². The first-order valence-corrected chi connectivity index (χ1v) is 12.2. The predicted molar refractivity (Wildman–Crippen MR) is 133 cm³/mol. The van der Waals surface area contributed by atoms with Gasteiger partial charge in [-0.2, -0.15) is 9.97 Å². The largest absolute Gasteiger partial charge is 0.379 e. The zero-order valence-electron chi connectivity index (χ0n) is 18.7. The summed E-state index contributed by atoms with van der Waals surface area (Å²) >= 11 is 6.44. The molecule has 6 rings (SSSR count). The lowest BCUT2D eigenvalue weighted by Crippen LogP contribution is -2.49. The number of piperidine rings is 1. The monoisotopic (exact) mass is 461 g/mol. The first kappa shape index (κ1) is 20.9. The Morgan fingerprint density at radius 1 is 0.879 bits per heavy atom. The summed E-state index contributed by atoms with van der Waals surface area (Å²) < 4.78 is 7.71. The van der Waals surface area contributed by atoms with Crippen LogP contribution in [0.5, 0.6) is 0 Å². The van der Waals surface area contributed by atoms with Gasteiger partial charge in [0.15, 0.2) is 0 Å². The summed E-state index contributed by atoms with van der Waals surface area (Å²) in [6.07, 6.45) is 4.39. The molecule has 7 heteroatoms. The Morgan fingerprint density at radius 2 is 1.67 bits per heavy atom. The topological polar surface area (TPSA) is 46.4 Å². The third-order valence-corrected chi connectivity index (χ3v) is 7.29. The van der Waals surface area contributed by atoms with Crippen molar-refractivity contribution in [2.24, 2.45) is 0 Å². The van der Waals surface area contributed by atoms with Crippen molar-refractivity contribution in [1.82, 2.24) is 19.4 Å². The van der Waals surface area contributed by atoms with Crippen molar-refractivity contribution in [3.8, 4) is 0 Å². The van der Waals surface area contributed by atoms with E-state index >= 15 is 0 Å². The molecule has 0 bridgehead atoms. The molecule has 2 aromatic carbocycles. The number of aromatic nitrogens is 3. The highest BCUT2D eigenvalue weighted by atomic mass is 35.5. The second-order valence-corrected chi connectivity index (χ2v) is 9.34. The van der Waals surface area contributed by atoms with Crippen molar-refractivity contribution in [1.29, 1.82) is 0 Å². The minimum absolute atomic E-state index is 0.311. The Balaban J connectivity index is 1.27. The van der Waals surface area contributed by atoms with Gasteiger partial charge < -0.3 is 14.2 Å². The molecule has 4 heterocycles. The highest BCUT2D eigenvalue weighted by molar-refractivity contribution is 6.28. The van der Waals surface area contributed by atoms with E-state index in [1.54, 1.807) is 0 Å². The van der Waals surface area contributed by atoms with Gasteiger partial charge in [-0.05, 0) is 46.8 Å². The molecule has 6 nitrogen and oxygen atoms in total. The van der Waals surface area contributed by atoms with Crippen LogP contribution in [0.15, 0.2) is 54.7 Å². The fourth-order valence-electron chi connectivity index (χ4n) is 5.39. The zero-order valence-corrected chi connectivity index (χ0v) is 19.4. The Kier molecular flexibility index (Phi) is 5.66. The van der Waals surface area contributed by atoms with Gasteiger partial charge in [0.05, 0.1) is 18.6 Å². The lowest BCUT2D eigenvalue weighted by Gasteiger charge is -2.40. The molecule has 33 heavy (non-hydrogen) atoms. The van der Waals surface area contributed by atoms with Gasteiger partial charge in [0.2, 0.25) is 5.28 Å². The van der Waals surface area contributed by atoms with Gasteiger partial charge in [-0.15, -0.1) is 0 Å². The van der Waals surface area contributed by atoms with Crippen LogP contribution in [0.1, 0.15) is 18.4 Å². The molecule has 0 unspecified atom stereocenters. The number of halogens is 1. The SMILES string of the molecule is Clc1nc(N2CCC(N3CCOCC3)CC2)c2ccn(Cc3cccc4ccccc34)c2n1. The summed E-state index contributed by atoms with van der Waals surface area (Å²) in [5.74, 6) is 0.960. The normalized spacial score (nSPS) is 18.4. The Bertz CT molecular complexity index is 1270. The molecule has 4 aromatic rings. The number of morpholine rings is 1. The molecule has 0 saturated carbocycles. The van der Waals surface area contributed by atoms with Gasteiger partial charge in [-0.3, -0.25) is 4.90 Å². The minimum Gasteiger partial charge on any atom is -0.379 e. The van der Waals surface area contributed by atoms with Gasteiger partial charge in [-0.25, -0.2) is 0 Å². The first-order chi connectivity index (χ1) is 16.3. The summed E-state index contributed by atoms with van der Waals surface area (Å²) in [4.78, 5) is 14.3. The number of benzene rings is 2. The standard InChI is InChI=1S/C26H28ClN5O/c27-26-28-24(31-11-8-21(9-12-31)30-14-16-33-17-15-30)23-10-13-32(25(23)29-26)18-20-6-3-5-19-4-1-2-7-22(19)20/h1-7,10,13,21H,8-9,11-12,14-18H2. The maximum atomic E-state index is 6.44. The molecule has 2 aliphatic rings. The van der Waals surface area contributed by atoms with Crippen LogP contribution in [0.2, 0.25) is 5.28 Å². The summed E-state index contributed by atoms with van der Waals surface area (Å²) in [6.45, 7) is 6.52. The summed E-state index contributed by atoms with van der Waals surface area (Å²) in [5.41, 5.74) is 2.17. The molecule has 0 N–H and O–H groups in total. The molecule has 2 saturated heterocycles. The van der Waals surface area contributed by atoms with Gasteiger partial charge >= 0.3 is 0 Å². The third-order valence-electron chi connectivity index (χ3n) is 7.12. The van der Waals surface area contributed by atoms with Crippen LogP contribution in [-0.4, -0.2) is 64.9 Å². The number of nitrogens with zero attached hydrogens (tertiary/aromatic N) is 5.